The molecule has 0 radical (unpaired) electrons. The van der Waals surface area contributed by atoms with Crippen molar-refractivity contribution in [1.29, 1.82) is 0 Å². The minimum atomic E-state index is -0.574. The Hall–Kier alpha value is -3.72. The number of halogens is 2. The highest BCUT2D eigenvalue weighted by molar-refractivity contribution is 6.28. The molecule has 0 fully saturated rings. The smallest absolute Gasteiger partial charge is 0.344 e. The number of fused-ring (bicyclic) bond motifs is 1. The van der Waals surface area contributed by atoms with Crippen molar-refractivity contribution in [3.8, 4) is 17.3 Å². The first-order valence-corrected chi connectivity index (χ1v) is 10.1. The van der Waals surface area contributed by atoms with E-state index in [0.29, 0.717) is 16.7 Å². The highest BCUT2D eigenvalue weighted by Gasteiger charge is 2.18. The van der Waals surface area contributed by atoms with Gasteiger partial charge < -0.3 is 14.2 Å². The molecule has 0 unspecified atom stereocenters. The van der Waals surface area contributed by atoms with E-state index >= 15 is 0 Å². The third kappa shape index (κ3) is 4.78. The Morgan fingerprint density at radius 1 is 1.12 bits per heavy atom. The lowest BCUT2D eigenvalue weighted by Gasteiger charge is -2.12. The first-order chi connectivity index (χ1) is 15.5. The van der Waals surface area contributed by atoms with E-state index in [-0.39, 0.29) is 36.7 Å². The fourth-order valence-electron chi connectivity index (χ4n) is 2.99. The Balaban J connectivity index is 1.68. The maximum absolute atomic E-state index is 13.9. The molecular weight excluding hydrogens is 439 g/mol. The Bertz CT molecular complexity index is 1250. The Kier molecular flexibility index (Phi) is 6.46. The molecule has 2 aromatic carbocycles. The van der Waals surface area contributed by atoms with E-state index in [9.17, 15) is 9.18 Å². The van der Waals surface area contributed by atoms with Gasteiger partial charge in [-0.3, -0.25) is 0 Å². The van der Waals surface area contributed by atoms with Crippen molar-refractivity contribution < 1.29 is 23.4 Å². The third-order valence-corrected chi connectivity index (χ3v) is 4.55. The summed E-state index contributed by atoms with van der Waals surface area (Å²) in [7, 11) is 0. The van der Waals surface area contributed by atoms with Crippen molar-refractivity contribution in [3.05, 3.63) is 71.4 Å². The van der Waals surface area contributed by atoms with Gasteiger partial charge in [-0.15, -0.1) is 0 Å². The van der Waals surface area contributed by atoms with Crippen molar-refractivity contribution >= 4 is 28.6 Å². The second-order valence-corrected chi connectivity index (χ2v) is 6.91. The van der Waals surface area contributed by atoms with Gasteiger partial charge in [-0.2, -0.15) is 15.1 Å². The third-order valence-electron chi connectivity index (χ3n) is 4.39. The van der Waals surface area contributed by atoms with Crippen LogP contribution in [0.4, 0.5) is 4.39 Å². The lowest BCUT2D eigenvalue weighted by molar-refractivity contribution is -0.145. The van der Waals surface area contributed by atoms with Gasteiger partial charge in [0.2, 0.25) is 11.2 Å². The highest BCUT2D eigenvalue weighted by atomic mass is 35.5. The van der Waals surface area contributed by atoms with Crippen LogP contribution in [0.2, 0.25) is 5.28 Å². The zero-order valence-electron chi connectivity index (χ0n) is 17.0. The number of carbonyl (C=O) groups excluding carboxylic acids is 1. The number of aromatic nitrogens is 4. The molecule has 0 spiro atoms. The van der Waals surface area contributed by atoms with Gasteiger partial charge >= 0.3 is 5.97 Å². The molecule has 10 heteroatoms. The summed E-state index contributed by atoms with van der Waals surface area (Å²) in [4.78, 5) is 20.1. The summed E-state index contributed by atoms with van der Waals surface area (Å²) in [5.74, 6) is -0.769. The van der Waals surface area contributed by atoms with Crippen LogP contribution < -0.4 is 9.47 Å². The van der Waals surface area contributed by atoms with Crippen LogP contribution in [0.25, 0.3) is 16.7 Å². The van der Waals surface area contributed by atoms with E-state index < -0.39 is 11.8 Å². The first kappa shape index (κ1) is 21.5. The Morgan fingerprint density at radius 2 is 1.94 bits per heavy atom. The maximum Gasteiger partial charge on any atom is 0.344 e. The van der Waals surface area contributed by atoms with Gasteiger partial charge in [0.15, 0.2) is 12.3 Å². The molecule has 32 heavy (non-hydrogen) atoms. The van der Waals surface area contributed by atoms with E-state index in [1.165, 1.54) is 23.0 Å². The standard InChI is InChI=1S/C22H18ClFN4O4/c1-2-30-19(29)13-31-18-10-15(24)8-9-17(18)28-20-16(11-25-28)21(27-22(23)26-20)32-12-14-6-4-3-5-7-14/h3-11H,2,12-13H2,1H3. The summed E-state index contributed by atoms with van der Waals surface area (Å²) in [6.07, 6.45) is 1.52. The summed E-state index contributed by atoms with van der Waals surface area (Å²) in [5, 5.41) is 4.80. The van der Waals surface area contributed by atoms with Crippen LogP contribution in [-0.4, -0.2) is 38.9 Å². The second kappa shape index (κ2) is 9.61. The van der Waals surface area contributed by atoms with Gasteiger partial charge in [0.25, 0.3) is 0 Å². The summed E-state index contributed by atoms with van der Waals surface area (Å²) < 4.78 is 31.5. The molecule has 4 aromatic rings. The fraction of sp³-hybridized carbons (Fsp3) is 0.182. The lowest BCUT2D eigenvalue weighted by atomic mass is 10.2. The number of hydrogen-bond acceptors (Lipinski definition) is 7. The maximum atomic E-state index is 13.9. The van der Waals surface area contributed by atoms with Gasteiger partial charge in [0.05, 0.1) is 12.8 Å². The van der Waals surface area contributed by atoms with Gasteiger partial charge in [0.1, 0.15) is 29.2 Å². The predicted octanol–water partition coefficient (Wildman–Crippen LogP) is 4.13. The van der Waals surface area contributed by atoms with Crippen LogP contribution in [0.3, 0.4) is 0 Å². The van der Waals surface area contributed by atoms with Gasteiger partial charge in [-0.1, -0.05) is 30.3 Å². The largest absolute Gasteiger partial charge is 0.480 e. The number of esters is 1. The highest BCUT2D eigenvalue weighted by Crippen LogP contribution is 2.30. The van der Waals surface area contributed by atoms with Gasteiger partial charge in [-0.05, 0) is 36.2 Å². The van der Waals surface area contributed by atoms with Crippen molar-refractivity contribution in [2.45, 2.75) is 13.5 Å². The van der Waals surface area contributed by atoms with Crippen LogP contribution in [-0.2, 0) is 16.1 Å². The van der Waals surface area contributed by atoms with Gasteiger partial charge in [0, 0.05) is 6.07 Å². The normalized spacial score (nSPS) is 10.8. The van der Waals surface area contributed by atoms with Gasteiger partial charge in [-0.25, -0.2) is 13.9 Å². The van der Waals surface area contributed by atoms with E-state index in [1.807, 2.05) is 30.3 Å². The van der Waals surface area contributed by atoms with Crippen molar-refractivity contribution in [2.75, 3.05) is 13.2 Å². The molecule has 0 aliphatic heterocycles. The fourth-order valence-corrected chi connectivity index (χ4v) is 3.14. The summed E-state index contributed by atoms with van der Waals surface area (Å²) in [6.45, 7) is 1.79. The molecule has 2 heterocycles. The number of benzene rings is 2. The van der Waals surface area contributed by atoms with Crippen LogP contribution in [0.1, 0.15) is 12.5 Å². The second-order valence-electron chi connectivity index (χ2n) is 6.57. The van der Waals surface area contributed by atoms with E-state index in [0.717, 1.165) is 11.6 Å². The molecule has 0 amide bonds. The van der Waals surface area contributed by atoms with Crippen LogP contribution in [0.5, 0.6) is 11.6 Å². The van der Waals surface area contributed by atoms with Crippen molar-refractivity contribution in [1.82, 2.24) is 19.7 Å². The molecule has 0 N–H and O–H groups in total. The Labute approximate surface area is 187 Å². The molecule has 0 atom stereocenters. The molecule has 0 aliphatic rings. The first-order valence-electron chi connectivity index (χ1n) is 9.71. The van der Waals surface area contributed by atoms with Crippen LogP contribution in [0, 0.1) is 5.82 Å². The number of ether oxygens (including phenoxy) is 3. The number of carbonyl (C=O) groups is 1. The van der Waals surface area contributed by atoms with Crippen LogP contribution in [0.15, 0.2) is 54.7 Å². The van der Waals surface area contributed by atoms with E-state index in [2.05, 4.69) is 15.1 Å². The van der Waals surface area contributed by atoms with E-state index in [1.54, 1.807) is 6.92 Å². The number of nitrogens with zero attached hydrogens (tertiary/aromatic N) is 4. The summed E-state index contributed by atoms with van der Waals surface area (Å²) in [6, 6.07) is 13.4. The zero-order valence-corrected chi connectivity index (χ0v) is 17.8. The number of hydrogen-bond donors (Lipinski definition) is 0. The quantitative estimate of drug-likeness (QED) is 0.291. The van der Waals surface area contributed by atoms with Crippen molar-refractivity contribution in [3.63, 3.8) is 0 Å². The van der Waals surface area contributed by atoms with E-state index in [4.69, 9.17) is 25.8 Å². The molecule has 8 nitrogen and oxygen atoms in total. The Morgan fingerprint density at radius 3 is 2.72 bits per heavy atom. The average Bonchev–Trinajstić information content (AvgIpc) is 3.20. The molecule has 164 valence electrons. The average molecular weight is 457 g/mol. The molecule has 0 aliphatic carbocycles. The zero-order chi connectivity index (χ0) is 22.5. The molecule has 4 rings (SSSR count). The van der Waals surface area contributed by atoms with Crippen LogP contribution >= 0.6 is 11.6 Å². The minimum absolute atomic E-state index is 0.0431. The SMILES string of the molecule is CCOC(=O)COc1cc(F)ccc1-n1ncc2c(OCc3ccccc3)nc(Cl)nc21. The number of rotatable bonds is 8. The molecule has 0 saturated carbocycles. The molecule has 2 aromatic heterocycles. The summed E-state index contributed by atoms with van der Waals surface area (Å²) >= 11 is 6.13. The van der Waals surface area contributed by atoms with Crippen molar-refractivity contribution in [2.24, 2.45) is 0 Å². The lowest BCUT2D eigenvalue weighted by Crippen LogP contribution is -2.15. The monoisotopic (exact) mass is 456 g/mol. The topological polar surface area (TPSA) is 88.4 Å². The molecular formula is C22H18ClFN4O4. The molecule has 0 saturated heterocycles. The predicted molar refractivity (Wildman–Crippen MR) is 115 cm³/mol. The minimum Gasteiger partial charge on any atom is -0.480 e. The summed E-state index contributed by atoms with van der Waals surface area (Å²) in [5.41, 5.74) is 1.64. The molecule has 0 bridgehead atoms.